The van der Waals surface area contributed by atoms with E-state index in [4.69, 9.17) is 10.5 Å². The van der Waals surface area contributed by atoms with E-state index in [1.165, 1.54) is 23.6 Å². The third-order valence-electron chi connectivity index (χ3n) is 6.53. The van der Waals surface area contributed by atoms with Gasteiger partial charge in [0.1, 0.15) is 12.7 Å². The summed E-state index contributed by atoms with van der Waals surface area (Å²) in [4.78, 5) is 18.1. The first-order chi connectivity index (χ1) is 17.3. The Morgan fingerprint density at radius 2 is 2.03 bits per heavy atom. The average Bonchev–Trinajstić information content (AvgIpc) is 3.52. The van der Waals surface area contributed by atoms with Crippen molar-refractivity contribution in [2.75, 3.05) is 18.1 Å². The first kappa shape index (κ1) is 25.8. The molecular formula is C26H30F3N5O2. The van der Waals surface area contributed by atoms with Gasteiger partial charge < -0.3 is 15.4 Å². The Kier molecular flexibility index (Phi) is 8.05. The summed E-state index contributed by atoms with van der Waals surface area (Å²) in [6.45, 7) is 2.95. The zero-order chi connectivity index (χ0) is 25.7. The smallest absolute Gasteiger partial charge is 0.377 e. The molecule has 2 aliphatic rings. The predicted octanol–water partition coefficient (Wildman–Crippen LogP) is 5.05. The van der Waals surface area contributed by atoms with Crippen molar-refractivity contribution in [3.8, 4) is 0 Å². The fourth-order valence-corrected chi connectivity index (χ4v) is 4.68. The van der Waals surface area contributed by atoms with Gasteiger partial charge in [-0.1, -0.05) is 19.1 Å². The van der Waals surface area contributed by atoms with Crippen molar-refractivity contribution in [1.29, 1.82) is 0 Å². The number of hydrogen-bond donors (Lipinski definition) is 2. The number of aromatic amines is 1. The van der Waals surface area contributed by atoms with E-state index in [0.717, 1.165) is 24.5 Å². The van der Waals surface area contributed by atoms with Crippen molar-refractivity contribution in [3.63, 3.8) is 0 Å². The lowest BCUT2D eigenvalue weighted by molar-refractivity contribution is -0.138. The van der Waals surface area contributed by atoms with Crippen LogP contribution in [-0.4, -0.2) is 34.2 Å². The Balaban J connectivity index is 0.000000543. The predicted molar refractivity (Wildman–Crippen MR) is 129 cm³/mol. The molecule has 1 aromatic heterocycles. The second-order valence-electron chi connectivity index (χ2n) is 9.27. The van der Waals surface area contributed by atoms with Crippen molar-refractivity contribution < 1.29 is 22.7 Å². The number of nitrogens with zero attached hydrogens (tertiary/aromatic N) is 3. The highest BCUT2D eigenvalue weighted by molar-refractivity contribution is 6.10. The number of amides is 1. The normalized spacial score (nSPS) is 18.9. The van der Waals surface area contributed by atoms with Gasteiger partial charge in [0.25, 0.3) is 5.91 Å². The highest BCUT2D eigenvalue weighted by atomic mass is 19.4. The second kappa shape index (κ2) is 11.2. The fourth-order valence-electron chi connectivity index (χ4n) is 4.68. The molecule has 0 unspecified atom stereocenters. The summed E-state index contributed by atoms with van der Waals surface area (Å²) in [5.74, 6) is 0.743. The number of carbonyl (C=O) groups is 1. The number of hydrogen-bond acceptors (Lipinski definition) is 5. The van der Waals surface area contributed by atoms with E-state index in [1.54, 1.807) is 6.07 Å². The highest BCUT2D eigenvalue weighted by Crippen LogP contribution is 2.43. The van der Waals surface area contributed by atoms with Gasteiger partial charge in [0.2, 0.25) is 0 Å². The molecule has 2 aromatic carbocycles. The van der Waals surface area contributed by atoms with E-state index in [1.807, 2.05) is 18.2 Å². The molecule has 7 nitrogen and oxygen atoms in total. The van der Waals surface area contributed by atoms with E-state index in [0.29, 0.717) is 42.7 Å². The van der Waals surface area contributed by atoms with Crippen LogP contribution in [0.1, 0.15) is 64.7 Å². The van der Waals surface area contributed by atoms with Crippen LogP contribution >= 0.6 is 0 Å². The average molecular weight is 502 g/mol. The van der Waals surface area contributed by atoms with Crippen molar-refractivity contribution >= 4 is 11.6 Å². The van der Waals surface area contributed by atoms with Gasteiger partial charge in [0.05, 0.1) is 18.7 Å². The summed E-state index contributed by atoms with van der Waals surface area (Å²) in [6.07, 6.45) is 1.24. The van der Waals surface area contributed by atoms with Crippen molar-refractivity contribution in [3.05, 3.63) is 76.9 Å². The summed E-state index contributed by atoms with van der Waals surface area (Å²) < 4.78 is 46.8. The van der Waals surface area contributed by atoms with E-state index in [-0.39, 0.29) is 24.3 Å². The van der Waals surface area contributed by atoms with Gasteiger partial charge in [-0.2, -0.15) is 18.3 Å². The number of nitrogens with one attached hydrogen (secondary N) is 1. The van der Waals surface area contributed by atoms with E-state index in [9.17, 15) is 18.0 Å². The van der Waals surface area contributed by atoms with E-state index < -0.39 is 17.6 Å². The van der Waals surface area contributed by atoms with Crippen molar-refractivity contribution in [1.82, 2.24) is 15.2 Å². The molecule has 0 saturated heterocycles. The van der Waals surface area contributed by atoms with Crippen molar-refractivity contribution in [2.24, 2.45) is 11.7 Å². The number of rotatable bonds is 7. The number of ether oxygens (including phenoxy) is 1. The molecule has 0 radical (unpaired) electrons. The molecule has 0 bridgehead atoms. The molecule has 10 heteroatoms. The van der Waals surface area contributed by atoms with Gasteiger partial charge in [-0.25, -0.2) is 4.98 Å². The molecule has 1 saturated carbocycles. The minimum absolute atomic E-state index is 0.0129. The molecule has 2 heterocycles. The molecule has 1 amide bonds. The van der Waals surface area contributed by atoms with Gasteiger partial charge in [-0.15, -0.1) is 0 Å². The first-order valence-electron chi connectivity index (χ1n) is 12.0. The van der Waals surface area contributed by atoms with Crippen LogP contribution in [-0.2, 0) is 24.1 Å². The molecule has 192 valence electrons. The number of halogens is 3. The standard InChI is InChI=1S/C24H27F3N2O2.C2H3N3/c1-15-8-18(9-15)17-4-2-5-19(12-17)29-13-21-20(23(29)30)10-16(14-31-7-3-6-28)11-22(21)24(25,26)27;1-3-2-5-4-1/h2,4-5,10-12,15,18H,3,6-9,13-14,28H2,1H3;1-2H,(H,3,4,5). The molecular weight excluding hydrogens is 471 g/mol. The van der Waals surface area contributed by atoms with Crippen LogP contribution in [0, 0.1) is 5.92 Å². The van der Waals surface area contributed by atoms with Gasteiger partial charge in [0.15, 0.2) is 0 Å². The van der Waals surface area contributed by atoms with Crippen LogP contribution in [0.25, 0.3) is 0 Å². The maximum atomic E-state index is 13.8. The Hall–Kier alpha value is -3.24. The zero-order valence-corrected chi connectivity index (χ0v) is 20.1. The lowest BCUT2D eigenvalue weighted by Gasteiger charge is -2.33. The van der Waals surface area contributed by atoms with Crippen LogP contribution < -0.4 is 10.6 Å². The number of anilines is 1. The highest BCUT2D eigenvalue weighted by Gasteiger charge is 2.40. The lowest BCUT2D eigenvalue weighted by Crippen LogP contribution is -2.24. The largest absolute Gasteiger partial charge is 0.416 e. The third-order valence-corrected chi connectivity index (χ3v) is 6.53. The van der Waals surface area contributed by atoms with Crippen molar-refractivity contribution in [2.45, 2.75) is 51.4 Å². The first-order valence-corrected chi connectivity index (χ1v) is 12.0. The molecule has 0 spiro atoms. The number of alkyl halides is 3. The zero-order valence-electron chi connectivity index (χ0n) is 20.1. The van der Waals surface area contributed by atoms with Crippen LogP contribution in [0.2, 0.25) is 0 Å². The summed E-state index contributed by atoms with van der Waals surface area (Å²) in [5, 5.41) is 5.99. The number of nitrogens with two attached hydrogens (primary N) is 1. The minimum atomic E-state index is -4.54. The molecule has 0 atom stereocenters. The molecule has 1 aliphatic carbocycles. The van der Waals surface area contributed by atoms with Gasteiger partial charge in [-0.3, -0.25) is 9.89 Å². The Morgan fingerprint density at radius 1 is 1.22 bits per heavy atom. The number of benzene rings is 2. The van der Waals surface area contributed by atoms with Gasteiger partial charge in [0, 0.05) is 17.9 Å². The topological polar surface area (TPSA) is 97.1 Å². The summed E-state index contributed by atoms with van der Waals surface area (Å²) in [5.41, 5.74) is 6.93. The molecule has 3 N–H and O–H groups in total. The summed E-state index contributed by atoms with van der Waals surface area (Å²) >= 11 is 0. The van der Waals surface area contributed by atoms with Gasteiger partial charge >= 0.3 is 6.18 Å². The number of fused-ring (bicyclic) bond motifs is 1. The van der Waals surface area contributed by atoms with E-state index >= 15 is 0 Å². The number of H-pyrrole nitrogens is 1. The number of carbonyl (C=O) groups excluding carboxylic acids is 1. The number of aromatic nitrogens is 3. The monoisotopic (exact) mass is 501 g/mol. The summed E-state index contributed by atoms with van der Waals surface area (Å²) in [7, 11) is 0. The lowest BCUT2D eigenvalue weighted by atomic mass is 9.72. The SMILES string of the molecule is CC1CC(c2cccc(N3Cc4c(cc(COCCCN)cc4C(F)(F)F)C3=O)c2)C1.c1nc[nH]n1. The van der Waals surface area contributed by atoms with Crippen LogP contribution in [0.4, 0.5) is 18.9 Å². The molecule has 1 fully saturated rings. The molecule has 5 rings (SSSR count). The molecule has 36 heavy (non-hydrogen) atoms. The van der Waals surface area contributed by atoms with Crippen LogP contribution in [0.5, 0.6) is 0 Å². The second-order valence-corrected chi connectivity index (χ2v) is 9.27. The molecule has 1 aliphatic heterocycles. The van der Waals surface area contributed by atoms with E-state index in [2.05, 4.69) is 22.1 Å². The maximum Gasteiger partial charge on any atom is 0.416 e. The Morgan fingerprint density at radius 3 is 2.64 bits per heavy atom. The molecule has 3 aromatic rings. The third kappa shape index (κ3) is 5.93. The minimum Gasteiger partial charge on any atom is -0.377 e. The Bertz CT molecular complexity index is 1140. The van der Waals surface area contributed by atoms with Gasteiger partial charge in [-0.05, 0) is 78.6 Å². The van der Waals surface area contributed by atoms with Crippen LogP contribution in [0.3, 0.4) is 0 Å². The van der Waals surface area contributed by atoms with Crippen LogP contribution in [0.15, 0.2) is 49.1 Å². The Labute approximate surface area is 207 Å². The maximum absolute atomic E-state index is 13.8. The summed E-state index contributed by atoms with van der Waals surface area (Å²) in [6, 6.07) is 10.3. The quantitative estimate of drug-likeness (QED) is 0.442. The fraction of sp³-hybridized carbons (Fsp3) is 0.423.